The summed E-state index contributed by atoms with van der Waals surface area (Å²) in [5, 5.41) is 56.6. The molecule has 0 spiro atoms. The van der Waals surface area contributed by atoms with Gasteiger partial charge in [0.15, 0.2) is 11.5 Å². The summed E-state index contributed by atoms with van der Waals surface area (Å²) in [4.78, 5) is 10.8. The van der Waals surface area contributed by atoms with Crippen LogP contribution in [0.2, 0.25) is 0 Å². The summed E-state index contributed by atoms with van der Waals surface area (Å²) >= 11 is 0. The molecule has 0 radical (unpaired) electrons. The minimum Gasteiger partial charge on any atom is -0.504 e. The van der Waals surface area contributed by atoms with Crippen LogP contribution < -0.4 is 4.74 Å². The molecule has 1 aromatic carbocycles. The molecule has 5 atom stereocenters. The van der Waals surface area contributed by atoms with Crippen LogP contribution in [0.25, 0.3) is 0 Å². The molecular weight excluding hydrogens is 300 g/mol. The number of carbonyl (C=O) groups is 1. The molecule has 9 nitrogen and oxygen atoms in total. The number of aliphatic hydroxyl groups excluding tert-OH is 4. The van der Waals surface area contributed by atoms with Crippen LogP contribution in [-0.2, 0) is 4.74 Å². The summed E-state index contributed by atoms with van der Waals surface area (Å²) in [5.41, 5.74) is -0.168. The van der Waals surface area contributed by atoms with E-state index in [4.69, 9.17) is 19.7 Å². The number of carboxylic acids is 1. The van der Waals surface area contributed by atoms with Crippen LogP contribution in [0.5, 0.6) is 11.5 Å². The van der Waals surface area contributed by atoms with E-state index in [1.807, 2.05) is 0 Å². The predicted octanol–water partition coefficient (Wildman–Crippen LogP) is -1.73. The molecule has 1 heterocycles. The molecule has 0 bridgehead atoms. The fourth-order valence-electron chi connectivity index (χ4n) is 2.04. The maximum absolute atomic E-state index is 10.8. The Hall–Kier alpha value is -1.91. The lowest BCUT2D eigenvalue weighted by Crippen LogP contribution is -2.60. The summed E-state index contributed by atoms with van der Waals surface area (Å²) in [6.07, 6.45) is -7.38. The molecule has 1 fully saturated rings. The van der Waals surface area contributed by atoms with Crippen LogP contribution in [0.3, 0.4) is 0 Å². The van der Waals surface area contributed by atoms with Crippen molar-refractivity contribution in [3.63, 3.8) is 0 Å². The largest absolute Gasteiger partial charge is 0.504 e. The average molecular weight is 316 g/mol. The lowest BCUT2D eigenvalue weighted by Gasteiger charge is -2.39. The van der Waals surface area contributed by atoms with E-state index in [0.29, 0.717) is 0 Å². The van der Waals surface area contributed by atoms with E-state index in [2.05, 4.69) is 0 Å². The first-order valence-corrected chi connectivity index (χ1v) is 6.38. The number of ether oxygens (including phenoxy) is 2. The number of phenolic OH excluding ortho intramolecular Hbond substituents is 1. The highest BCUT2D eigenvalue weighted by Gasteiger charge is 2.44. The third kappa shape index (κ3) is 3.13. The molecule has 2 rings (SSSR count). The van der Waals surface area contributed by atoms with Gasteiger partial charge in [-0.2, -0.15) is 0 Å². The highest BCUT2D eigenvalue weighted by molar-refractivity contribution is 5.88. The number of aromatic carboxylic acids is 1. The second-order valence-corrected chi connectivity index (χ2v) is 4.80. The summed E-state index contributed by atoms with van der Waals surface area (Å²) in [5.74, 6) is -1.93. The van der Waals surface area contributed by atoms with Crippen molar-refractivity contribution < 1.29 is 44.9 Å². The Balaban J connectivity index is 2.17. The summed E-state index contributed by atoms with van der Waals surface area (Å²) in [6.45, 7) is -0.616. The minimum absolute atomic E-state index is 0.168. The molecule has 1 aromatic rings. The fraction of sp³-hybridized carbons (Fsp3) is 0.462. The number of carboxylic acid groups (broad SMARTS) is 1. The zero-order valence-corrected chi connectivity index (χ0v) is 11.2. The Labute approximate surface area is 124 Å². The van der Waals surface area contributed by atoms with Crippen molar-refractivity contribution in [2.75, 3.05) is 6.61 Å². The number of aromatic hydroxyl groups is 1. The maximum atomic E-state index is 10.8. The Morgan fingerprint density at radius 2 is 1.86 bits per heavy atom. The van der Waals surface area contributed by atoms with Gasteiger partial charge < -0.3 is 40.1 Å². The molecule has 1 aliphatic rings. The molecule has 0 amide bonds. The van der Waals surface area contributed by atoms with E-state index in [1.165, 1.54) is 6.07 Å². The average Bonchev–Trinajstić information content (AvgIpc) is 2.49. The minimum atomic E-state index is -1.63. The first kappa shape index (κ1) is 16.5. The van der Waals surface area contributed by atoms with Crippen molar-refractivity contribution in [1.29, 1.82) is 0 Å². The third-order valence-corrected chi connectivity index (χ3v) is 3.30. The topological polar surface area (TPSA) is 157 Å². The second-order valence-electron chi connectivity index (χ2n) is 4.80. The lowest BCUT2D eigenvalue weighted by molar-refractivity contribution is -0.277. The first-order valence-electron chi connectivity index (χ1n) is 6.38. The van der Waals surface area contributed by atoms with Crippen molar-refractivity contribution >= 4 is 5.97 Å². The van der Waals surface area contributed by atoms with Gasteiger partial charge in [-0.1, -0.05) is 0 Å². The highest BCUT2D eigenvalue weighted by atomic mass is 16.7. The molecule has 0 aromatic heterocycles. The van der Waals surface area contributed by atoms with Gasteiger partial charge >= 0.3 is 5.97 Å². The molecular formula is C13H16O9. The number of aliphatic hydroxyl groups is 4. The van der Waals surface area contributed by atoms with E-state index in [9.17, 15) is 25.2 Å². The van der Waals surface area contributed by atoms with Crippen molar-refractivity contribution in [3.8, 4) is 11.5 Å². The molecule has 6 N–H and O–H groups in total. The number of hydrogen-bond donors (Lipinski definition) is 6. The molecule has 0 saturated carbocycles. The monoisotopic (exact) mass is 316 g/mol. The van der Waals surface area contributed by atoms with Crippen molar-refractivity contribution in [3.05, 3.63) is 23.8 Å². The normalized spacial score (nSPS) is 31.7. The standard InChI is InChI=1S/C13H16O9/c14-4-8-9(16)10(17)11(18)13(22-8)21-7-2-1-5(12(19)20)3-6(7)15/h1-3,8-11,13-18H,4H2,(H,19,20)/t8-,9-,10+,11-,13?/m1/s1. The number of benzene rings is 1. The quantitative estimate of drug-likeness (QED) is 0.380. The van der Waals surface area contributed by atoms with E-state index < -0.39 is 49.0 Å². The summed E-state index contributed by atoms with van der Waals surface area (Å²) < 4.78 is 10.3. The lowest BCUT2D eigenvalue weighted by atomic mass is 9.99. The fourth-order valence-corrected chi connectivity index (χ4v) is 2.04. The Bertz CT molecular complexity index is 544. The molecule has 1 aliphatic heterocycles. The zero-order valence-electron chi connectivity index (χ0n) is 11.2. The summed E-state index contributed by atoms with van der Waals surface area (Å²) in [6, 6.07) is 3.27. The van der Waals surface area contributed by atoms with Crippen LogP contribution in [0.1, 0.15) is 10.4 Å². The first-order chi connectivity index (χ1) is 10.3. The third-order valence-electron chi connectivity index (χ3n) is 3.30. The van der Waals surface area contributed by atoms with Crippen molar-refractivity contribution in [2.24, 2.45) is 0 Å². The molecule has 1 saturated heterocycles. The second kappa shape index (κ2) is 6.46. The van der Waals surface area contributed by atoms with E-state index >= 15 is 0 Å². The van der Waals surface area contributed by atoms with Gasteiger partial charge in [-0.15, -0.1) is 0 Å². The maximum Gasteiger partial charge on any atom is 0.335 e. The van der Waals surface area contributed by atoms with E-state index in [-0.39, 0.29) is 11.3 Å². The van der Waals surface area contributed by atoms with E-state index in [0.717, 1.165) is 12.1 Å². The van der Waals surface area contributed by atoms with Crippen LogP contribution in [-0.4, -0.2) is 73.9 Å². The van der Waals surface area contributed by atoms with Crippen molar-refractivity contribution in [1.82, 2.24) is 0 Å². The number of phenols is 1. The van der Waals surface area contributed by atoms with Crippen LogP contribution >= 0.6 is 0 Å². The van der Waals surface area contributed by atoms with Gasteiger partial charge in [0.1, 0.15) is 24.4 Å². The van der Waals surface area contributed by atoms with Gasteiger partial charge in [-0.3, -0.25) is 0 Å². The Kier molecular flexibility index (Phi) is 4.84. The van der Waals surface area contributed by atoms with Crippen LogP contribution in [0.15, 0.2) is 18.2 Å². The molecule has 22 heavy (non-hydrogen) atoms. The van der Waals surface area contributed by atoms with Crippen LogP contribution in [0.4, 0.5) is 0 Å². The van der Waals surface area contributed by atoms with Crippen molar-refractivity contribution in [2.45, 2.75) is 30.7 Å². The SMILES string of the molecule is O=C(O)c1ccc(OC2O[C@H](CO)[C@@H](O)[C@H](O)[C@H]2O)c(O)c1. The Morgan fingerprint density at radius 3 is 2.41 bits per heavy atom. The smallest absolute Gasteiger partial charge is 0.335 e. The van der Waals surface area contributed by atoms with Crippen LogP contribution in [0, 0.1) is 0 Å². The zero-order chi connectivity index (χ0) is 16.4. The molecule has 0 aliphatic carbocycles. The molecule has 1 unspecified atom stereocenters. The van der Waals surface area contributed by atoms with Gasteiger partial charge in [-0.05, 0) is 18.2 Å². The predicted molar refractivity (Wildman–Crippen MR) is 69.5 cm³/mol. The molecule has 122 valence electrons. The number of rotatable bonds is 4. The molecule has 9 heteroatoms. The van der Waals surface area contributed by atoms with Gasteiger partial charge in [0, 0.05) is 0 Å². The summed E-state index contributed by atoms with van der Waals surface area (Å²) in [7, 11) is 0. The van der Waals surface area contributed by atoms with Gasteiger partial charge in [0.05, 0.1) is 12.2 Å². The number of hydrogen-bond acceptors (Lipinski definition) is 8. The van der Waals surface area contributed by atoms with Gasteiger partial charge in [0.25, 0.3) is 0 Å². The van der Waals surface area contributed by atoms with Gasteiger partial charge in [0.2, 0.25) is 6.29 Å². The Morgan fingerprint density at radius 1 is 1.18 bits per heavy atom. The van der Waals surface area contributed by atoms with Gasteiger partial charge in [-0.25, -0.2) is 4.79 Å². The van der Waals surface area contributed by atoms with E-state index in [1.54, 1.807) is 0 Å². The highest BCUT2D eigenvalue weighted by Crippen LogP contribution is 2.31.